The molecular weight excluding hydrogens is 379 g/mol. The van der Waals surface area contributed by atoms with E-state index < -0.39 is 17.8 Å². The van der Waals surface area contributed by atoms with Crippen LogP contribution in [0.4, 0.5) is 15.8 Å². The molecule has 2 rings (SSSR count). The van der Waals surface area contributed by atoms with Gasteiger partial charge in [0.05, 0.1) is 21.9 Å². The first kappa shape index (κ1) is 20.9. The molecule has 2 aromatic rings. The number of pyridine rings is 1. The van der Waals surface area contributed by atoms with Crippen LogP contribution in [0.1, 0.15) is 24.6 Å². The molecule has 1 aromatic heterocycles. The average Bonchev–Trinajstić information content (AvgIpc) is 2.63. The number of halogens is 1. The van der Waals surface area contributed by atoms with E-state index in [1.54, 1.807) is 31.3 Å². The van der Waals surface area contributed by atoms with Crippen LogP contribution in [0.5, 0.6) is 0 Å². The standard InChI is InChI=1S/C19H19FN6OS/c1-11(22)6-18(28)26-15-9-16(14(20)7-12(15)10-21)25-17(19(23)27)8-13-4-2-3-5-24-13/h2-5,7,9,17,22,25H,6,8H2,1H3,(H2,23,27)(H,26,28). The normalized spacial score (nSPS) is 11.2. The molecule has 0 spiro atoms. The van der Waals surface area contributed by atoms with Crippen LogP contribution in [0.25, 0.3) is 0 Å². The van der Waals surface area contributed by atoms with Crippen molar-refractivity contribution in [3.8, 4) is 6.07 Å². The summed E-state index contributed by atoms with van der Waals surface area (Å²) in [7, 11) is 0. The molecular formula is C19H19FN6OS. The molecule has 0 radical (unpaired) electrons. The van der Waals surface area contributed by atoms with E-state index in [4.69, 9.17) is 23.4 Å². The lowest BCUT2D eigenvalue weighted by Gasteiger charge is -2.18. The Balaban J connectivity index is 2.29. The van der Waals surface area contributed by atoms with Crippen molar-refractivity contribution in [1.29, 1.82) is 10.7 Å². The summed E-state index contributed by atoms with van der Waals surface area (Å²) in [5.74, 6) is -1.37. The second-order valence-electron chi connectivity index (χ2n) is 6.12. The van der Waals surface area contributed by atoms with Crippen molar-refractivity contribution < 1.29 is 9.18 Å². The van der Waals surface area contributed by atoms with Gasteiger partial charge < -0.3 is 21.8 Å². The van der Waals surface area contributed by atoms with Crippen LogP contribution in [0.2, 0.25) is 0 Å². The second-order valence-corrected chi connectivity index (χ2v) is 6.61. The Bertz CT molecular complexity index is 941. The molecule has 0 saturated carbocycles. The van der Waals surface area contributed by atoms with Crippen molar-refractivity contribution in [2.24, 2.45) is 5.73 Å². The summed E-state index contributed by atoms with van der Waals surface area (Å²) in [6.07, 6.45) is 1.97. The number of nitrogens with one attached hydrogen (secondary N) is 3. The third kappa shape index (κ3) is 5.82. The smallest absolute Gasteiger partial charge is 0.240 e. The number of benzene rings is 1. The summed E-state index contributed by atoms with van der Waals surface area (Å²) in [5.41, 5.74) is 6.74. The van der Waals surface area contributed by atoms with Crippen LogP contribution >= 0.6 is 12.2 Å². The van der Waals surface area contributed by atoms with Gasteiger partial charge in [-0.2, -0.15) is 5.26 Å². The van der Waals surface area contributed by atoms with Crippen LogP contribution in [0.15, 0.2) is 36.5 Å². The molecule has 1 amide bonds. The Hall–Kier alpha value is -3.38. The van der Waals surface area contributed by atoms with Gasteiger partial charge >= 0.3 is 0 Å². The number of carbonyl (C=O) groups excluding carboxylic acids is 1. The largest absolute Gasteiger partial charge is 0.371 e. The fraction of sp³-hybridized carbons (Fsp3) is 0.211. The van der Waals surface area contributed by atoms with E-state index in [0.29, 0.717) is 16.4 Å². The third-order valence-corrected chi connectivity index (χ3v) is 3.99. The first-order chi connectivity index (χ1) is 13.3. The monoisotopic (exact) mass is 398 g/mol. The summed E-state index contributed by atoms with van der Waals surface area (Å²) in [5, 5.41) is 22.4. The van der Waals surface area contributed by atoms with E-state index in [9.17, 15) is 14.4 Å². The highest BCUT2D eigenvalue weighted by Gasteiger charge is 2.20. The number of primary amides is 1. The fourth-order valence-electron chi connectivity index (χ4n) is 2.45. The number of nitrogens with two attached hydrogens (primary N) is 1. The minimum Gasteiger partial charge on any atom is -0.371 e. The number of nitrogens with zero attached hydrogens (tertiary/aromatic N) is 2. The number of aromatic nitrogens is 1. The zero-order chi connectivity index (χ0) is 20.7. The second kappa shape index (κ2) is 9.53. The predicted octanol–water partition coefficient (Wildman–Crippen LogP) is 2.77. The van der Waals surface area contributed by atoms with Gasteiger partial charge in [-0.15, -0.1) is 0 Å². The number of thiocarbonyl (C=S) groups is 1. The van der Waals surface area contributed by atoms with E-state index in [2.05, 4.69) is 15.6 Å². The van der Waals surface area contributed by atoms with Gasteiger partial charge in [-0.05, 0) is 31.2 Å². The van der Waals surface area contributed by atoms with Crippen LogP contribution in [-0.2, 0) is 11.2 Å². The molecule has 144 valence electrons. The summed E-state index contributed by atoms with van der Waals surface area (Å²) in [4.78, 5) is 16.3. The Morgan fingerprint density at radius 1 is 1.43 bits per heavy atom. The molecule has 9 heteroatoms. The fourth-order valence-corrected chi connectivity index (χ4v) is 2.78. The van der Waals surface area contributed by atoms with Crippen LogP contribution in [-0.4, -0.2) is 27.6 Å². The van der Waals surface area contributed by atoms with Gasteiger partial charge in [0.25, 0.3) is 0 Å². The lowest BCUT2D eigenvalue weighted by Crippen LogP contribution is -2.37. The summed E-state index contributed by atoms with van der Waals surface area (Å²) < 4.78 is 14.5. The molecule has 1 heterocycles. The van der Waals surface area contributed by atoms with E-state index in [1.165, 1.54) is 6.07 Å². The van der Waals surface area contributed by atoms with Gasteiger partial charge in [0, 0.05) is 30.4 Å². The summed E-state index contributed by atoms with van der Waals surface area (Å²) >= 11 is 5.15. The number of hydrogen-bond acceptors (Lipinski definition) is 6. The number of hydrogen-bond donors (Lipinski definition) is 4. The molecule has 28 heavy (non-hydrogen) atoms. The number of anilines is 2. The zero-order valence-electron chi connectivity index (χ0n) is 15.1. The quantitative estimate of drug-likeness (QED) is 0.400. The Kier molecular flexibility index (Phi) is 7.12. The molecule has 0 bridgehead atoms. The Morgan fingerprint density at radius 2 is 2.18 bits per heavy atom. The molecule has 7 nitrogen and oxygen atoms in total. The topological polar surface area (TPSA) is 128 Å². The van der Waals surface area contributed by atoms with Crippen molar-refractivity contribution >= 4 is 40.2 Å². The highest BCUT2D eigenvalue weighted by molar-refractivity contribution is 7.80. The highest BCUT2D eigenvalue weighted by atomic mass is 32.1. The van der Waals surface area contributed by atoms with E-state index >= 15 is 0 Å². The van der Waals surface area contributed by atoms with E-state index in [-0.39, 0.29) is 29.8 Å². The predicted molar refractivity (Wildman–Crippen MR) is 110 cm³/mol. The summed E-state index contributed by atoms with van der Waals surface area (Å²) in [6.45, 7) is 1.60. The van der Waals surface area contributed by atoms with Crippen LogP contribution < -0.4 is 16.4 Å². The van der Waals surface area contributed by atoms with Crippen molar-refractivity contribution in [1.82, 2.24) is 4.98 Å². The molecule has 1 atom stereocenters. The van der Waals surface area contributed by atoms with E-state index in [1.807, 2.05) is 6.07 Å². The molecule has 0 saturated heterocycles. The molecule has 0 aliphatic heterocycles. The summed E-state index contributed by atoms with van der Waals surface area (Å²) in [6, 6.07) is 8.64. The van der Waals surface area contributed by atoms with Gasteiger partial charge in [0.15, 0.2) is 0 Å². The van der Waals surface area contributed by atoms with Crippen molar-refractivity contribution in [2.45, 2.75) is 25.8 Å². The van der Waals surface area contributed by atoms with Crippen molar-refractivity contribution in [3.63, 3.8) is 0 Å². The first-order valence-electron chi connectivity index (χ1n) is 8.33. The number of rotatable bonds is 8. The maximum atomic E-state index is 14.5. The number of nitriles is 1. The van der Waals surface area contributed by atoms with Crippen LogP contribution in [0.3, 0.4) is 0 Å². The third-order valence-electron chi connectivity index (χ3n) is 3.74. The number of carbonyl (C=O) groups is 1. The molecule has 0 aliphatic carbocycles. The van der Waals surface area contributed by atoms with E-state index in [0.717, 1.165) is 6.07 Å². The maximum absolute atomic E-state index is 14.5. The lowest BCUT2D eigenvalue weighted by molar-refractivity contribution is -0.118. The molecule has 0 aliphatic rings. The first-order valence-corrected chi connectivity index (χ1v) is 8.74. The van der Waals surface area contributed by atoms with Gasteiger partial charge in [0.1, 0.15) is 17.9 Å². The van der Waals surface area contributed by atoms with Crippen molar-refractivity contribution in [2.75, 3.05) is 10.6 Å². The Labute approximate surface area is 167 Å². The minimum atomic E-state index is -0.902. The lowest BCUT2D eigenvalue weighted by atomic mass is 10.1. The molecule has 5 N–H and O–H groups in total. The Morgan fingerprint density at radius 3 is 2.75 bits per heavy atom. The molecule has 0 fully saturated rings. The van der Waals surface area contributed by atoms with Crippen LogP contribution in [0, 0.1) is 22.6 Å². The maximum Gasteiger partial charge on any atom is 0.240 e. The zero-order valence-corrected chi connectivity index (χ0v) is 15.9. The van der Waals surface area contributed by atoms with Gasteiger partial charge in [0.2, 0.25) is 5.91 Å². The highest BCUT2D eigenvalue weighted by Crippen LogP contribution is 2.25. The molecule has 1 aromatic carbocycles. The average molecular weight is 398 g/mol. The van der Waals surface area contributed by atoms with Gasteiger partial charge in [-0.25, -0.2) is 4.39 Å². The SMILES string of the molecule is CC(=N)CC(=S)Nc1cc(NC(Cc2ccccn2)C(N)=O)c(F)cc1C#N. The van der Waals surface area contributed by atoms with Gasteiger partial charge in [-0.3, -0.25) is 9.78 Å². The minimum absolute atomic E-state index is 0.00407. The van der Waals surface area contributed by atoms with Crippen molar-refractivity contribution in [3.05, 3.63) is 53.6 Å². The molecule has 1 unspecified atom stereocenters. The number of amides is 1. The van der Waals surface area contributed by atoms with Gasteiger partial charge in [-0.1, -0.05) is 18.3 Å².